The minimum Gasteiger partial charge on any atom is -0.385 e. The maximum Gasteiger partial charge on any atom is 0.167 e. The van der Waals surface area contributed by atoms with Gasteiger partial charge in [0.25, 0.3) is 0 Å². The van der Waals surface area contributed by atoms with Crippen LogP contribution in [0.1, 0.15) is 0 Å². The molecular formula is C12H24Cl2N4O2S. The van der Waals surface area contributed by atoms with E-state index < -0.39 is 5.60 Å². The van der Waals surface area contributed by atoms with Crippen molar-refractivity contribution in [3.05, 3.63) is 12.4 Å². The van der Waals surface area contributed by atoms with Crippen LogP contribution in [-0.4, -0.2) is 65.4 Å². The van der Waals surface area contributed by atoms with Crippen LogP contribution >= 0.6 is 36.6 Å². The third kappa shape index (κ3) is 7.19. The summed E-state index contributed by atoms with van der Waals surface area (Å²) in [6.45, 7) is 3.81. The molecule has 1 atom stereocenters. The molecule has 1 aromatic rings. The maximum atomic E-state index is 10.3. The zero-order chi connectivity index (χ0) is 13.6. The van der Waals surface area contributed by atoms with Gasteiger partial charge in [-0.05, 0) is 0 Å². The molecule has 9 heteroatoms. The second kappa shape index (κ2) is 10.7. The molecule has 0 aliphatic carbocycles. The number of thioether (sulfide) groups is 1. The van der Waals surface area contributed by atoms with Crippen molar-refractivity contribution in [1.82, 2.24) is 20.2 Å². The van der Waals surface area contributed by atoms with E-state index in [4.69, 9.17) is 4.74 Å². The molecule has 3 N–H and O–H groups in total. The molecule has 0 amide bonds. The van der Waals surface area contributed by atoms with Crippen molar-refractivity contribution in [2.24, 2.45) is 7.05 Å². The molecule has 2 rings (SSSR count). The van der Waals surface area contributed by atoms with E-state index in [9.17, 15) is 5.11 Å². The fourth-order valence-electron chi connectivity index (χ4n) is 1.92. The van der Waals surface area contributed by atoms with Gasteiger partial charge in [0, 0.05) is 51.4 Å². The summed E-state index contributed by atoms with van der Waals surface area (Å²) in [6, 6.07) is 0. The van der Waals surface area contributed by atoms with Gasteiger partial charge in [-0.15, -0.1) is 24.8 Å². The normalized spacial score (nSPS) is 22.0. The molecule has 6 nitrogen and oxygen atoms in total. The Balaban J connectivity index is 0.00000200. The number of aryl methyl sites for hydroxylation is 1. The summed E-state index contributed by atoms with van der Waals surface area (Å²) in [5.74, 6) is 0.926. The van der Waals surface area contributed by atoms with E-state index in [0.29, 0.717) is 26.3 Å². The maximum absolute atomic E-state index is 10.3. The fraction of sp³-hybridized carbons (Fsp3) is 0.750. The second-order valence-corrected chi connectivity index (χ2v) is 5.86. The Labute approximate surface area is 142 Å². The Kier molecular flexibility index (Phi) is 10.7. The van der Waals surface area contributed by atoms with Gasteiger partial charge in [0.15, 0.2) is 5.16 Å². The number of ether oxygens (including phenoxy) is 1. The van der Waals surface area contributed by atoms with Gasteiger partial charge in [-0.1, -0.05) is 11.8 Å². The van der Waals surface area contributed by atoms with Crippen molar-refractivity contribution in [3.8, 4) is 0 Å². The molecule has 1 unspecified atom stereocenters. The van der Waals surface area contributed by atoms with Crippen molar-refractivity contribution in [1.29, 1.82) is 0 Å². The summed E-state index contributed by atoms with van der Waals surface area (Å²) in [5.41, 5.74) is -0.801. The predicted octanol–water partition coefficient (Wildman–Crippen LogP) is 0.296. The average molecular weight is 359 g/mol. The van der Waals surface area contributed by atoms with Crippen LogP contribution < -0.4 is 10.6 Å². The van der Waals surface area contributed by atoms with Gasteiger partial charge >= 0.3 is 0 Å². The summed E-state index contributed by atoms with van der Waals surface area (Å²) in [5, 5.41) is 17.8. The van der Waals surface area contributed by atoms with Gasteiger partial charge in [-0.25, -0.2) is 4.98 Å². The summed E-state index contributed by atoms with van der Waals surface area (Å²) in [6.07, 6.45) is 3.74. The van der Waals surface area contributed by atoms with Crippen LogP contribution in [0.25, 0.3) is 0 Å². The summed E-state index contributed by atoms with van der Waals surface area (Å²) in [7, 11) is 1.99. The van der Waals surface area contributed by atoms with Gasteiger partial charge in [-0.2, -0.15) is 0 Å². The Bertz CT molecular complexity index is 387. The van der Waals surface area contributed by atoms with Gasteiger partial charge in [0.1, 0.15) is 5.60 Å². The highest BCUT2D eigenvalue weighted by Gasteiger charge is 2.28. The molecule has 0 spiro atoms. The molecule has 1 aliphatic rings. The number of halogens is 2. The Morgan fingerprint density at radius 3 is 3.10 bits per heavy atom. The van der Waals surface area contributed by atoms with Crippen LogP contribution in [0, 0.1) is 0 Å². The van der Waals surface area contributed by atoms with E-state index in [2.05, 4.69) is 15.6 Å². The first-order valence-electron chi connectivity index (χ1n) is 6.51. The lowest BCUT2D eigenvalue weighted by Gasteiger charge is -2.26. The predicted molar refractivity (Wildman–Crippen MR) is 89.9 cm³/mol. The van der Waals surface area contributed by atoms with E-state index >= 15 is 0 Å². The largest absolute Gasteiger partial charge is 0.385 e. The highest BCUT2D eigenvalue weighted by atomic mass is 35.5. The van der Waals surface area contributed by atoms with E-state index in [-0.39, 0.29) is 24.8 Å². The number of imidazole rings is 1. The minimum atomic E-state index is -0.801. The van der Waals surface area contributed by atoms with Crippen molar-refractivity contribution in [2.75, 3.05) is 45.1 Å². The Morgan fingerprint density at radius 2 is 2.38 bits per heavy atom. The van der Waals surface area contributed by atoms with Gasteiger partial charge in [0.05, 0.1) is 13.2 Å². The highest BCUT2D eigenvalue weighted by molar-refractivity contribution is 7.99. The number of aliphatic hydroxyl groups is 1. The average Bonchev–Trinajstić information content (AvgIpc) is 2.67. The van der Waals surface area contributed by atoms with E-state index in [1.807, 2.05) is 17.8 Å². The third-order valence-electron chi connectivity index (χ3n) is 2.99. The molecule has 1 aliphatic heterocycles. The SMILES string of the molecule is Cl.Cl.Cn1ccnc1SCCNCC1(O)CNCCOC1. The van der Waals surface area contributed by atoms with Crippen LogP contribution in [0.3, 0.4) is 0 Å². The smallest absolute Gasteiger partial charge is 0.167 e. The minimum absolute atomic E-state index is 0. The number of rotatable bonds is 6. The van der Waals surface area contributed by atoms with Crippen LogP contribution in [0.5, 0.6) is 0 Å². The lowest BCUT2D eigenvalue weighted by atomic mass is 10.1. The first kappa shape index (κ1) is 21.0. The van der Waals surface area contributed by atoms with Crippen LogP contribution in [-0.2, 0) is 11.8 Å². The molecule has 21 heavy (non-hydrogen) atoms. The number of β-amino-alcohol motifs (C(OH)–C–C–N with tert-alkyl or cyclic N) is 1. The van der Waals surface area contributed by atoms with Crippen molar-refractivity contribution >= 4 is 36.6 Å². The summed E-state index contributed by atoms with van der Waals surface area (Å²) >= 11 is 1.70. The van der Waals surface area contributed by atoms with E-state index in [1.165, 1.54) is 0 Å². The summed E-state index contributed by atoms with van der Waals surface area (Å²) < 4.78 is 7.37. The summed E-state index contributed by atoms with van der Waals surface area (Å²) in [4.78, 5) is 4.25. The van der Waals surface area contributed by atoms with Gasteiger partial charge < -0.3 is 25.0 Å². The molecule has 0 radical (unpaired) electrons. The number of hydrogen-bond acceptors (Lipinski definition) is 6. The Morgan fingerprint density at radius 1 is 1.57 bits per heavy atom. The van der Waals surface area contributed by atoms with Crippen molar-refractivity contribution < 1.29 is 9.84 Å². The Hall–Kier alpha value is -0.0200. The van der Waals surface area contributed by atoms with E-state index in [1.54, 1.807) is 18.0 Å². The van der Waals surface area contributed by atoms with Gasteiger partial charge in [0.2, 0.25) is 0 Å². The number of nitrogens with one attached hydrogen (secondary N) is 2. The number of hydrogen-bond donors (Lipinski definition) is 3. The molecule has 124 valence electrons. The van der Waals surface area contributed by atoms with Gasteiger partial charge in [-0.3, -0.25) is 0 Å². The quantitative estimate of drug-likeness (QED) is 0.501. The first-order chi connectivity index (χ1) is 9.20. The first-order valence-corrected chi connectivity index (χ1v) is 7.50. The second-order valence-electron chi connectivity index (χ2n) is 4.80. The van der Waals surface area contributed by atoms with E-state index in [0.717, 1.165) is 24.0 Å². The molecule has 1 aromatic heterocycles. The molecule has 0 aromatic carbocycles. The number of aromatic nitrogens is 2. The molecule has 2 heterocycles. The zero-order valence-electron chi connectivity index (χ0n) is 12.1. The molecule has 0 bridgehead atoms. The molecule has 1 saturated heterocycles. The standard InChI is InChI=1S/C12H22N4O2S.2ClH/c1-16-5-2-15-11(16)19-7-4-14-9-12(17)8-13-3-6-18-10-12;;/h2,5,13-14,17H,3-4,6-10H2,1H3;2*1H. The molecule has 0 saturated carbocycles. The highest BCUT2D eigenvalue weighted by Crippen LogP contribution is 2.13. The monoisotopic (exact) mass is 358 g/mol. The number of nitrogens with zero attached hydrogens (tertiary/aromatic N) is 2. The van der Waals surface area contributed by atoms with Crippen LogP contribution in [0.4, 0.5) is 0 Å². The van der Waals surface area contributed by atoms with Crippen LogP contribution in [0.2, 0.25) is 0 Å². The molecule has 1 fully saturated rings. The lowest BCUT2D eigenvalue weighted by molar-refractivity contribution is -0.0258. The lowest BCUT2D eigenvalue weighted by Crippen LogP contribution is -2.50. The third-order valence-corrected chi connectivity index (χ3v) is 4.05. The van der Waals surface area contributed by atoms with Crippen LogP contribution in [0.15, 0.2) is 17.6 Å². The van der Waals surface area contributed by atoms with Crippen molar-refractivity contribution in [2.45, 2.75) is 10.8 Å². The topological polar surface area (TPSA) is 71.3 Å². The zero-order valence-corrected chi connectivity index (χ0v) is 14.5. The molecular weight excluding hydrogens is 335 g/mol. The fourth-order valence-corrected chi connectivity index (χ4v) is 2.75. The van der Waals surface area contributed by atoms with Crippen molar-refractivity contribution in [3.63, 3.8) is 0 Å².